The molecule has 26 heavy (non-hydrogen) atoms. The fourth-order valence-electron chi connectivity index (χ4n) is 2.67. The number of nitrogens with one attached hydrogen (secondary N) is 1. The molecule has 6 heteroatoms. The van der Waals surface area contributed by atoms with E-state index >= 15 is 0 Å². The molecule has 0 bridgehead atoms. The van der Waals surface area contributed by atoms with Crippen molar-refractivity contribution in [2.75, 3.05) is 13.7 Å². The Bertz CT molecular complexity index is 1040. The monoisotopic (exact) mass is 351 g/mol. The summed E-state index contributed by atoms with van der Waals surface area (Å²) in [5.41, 5.74) is 1.38. The van der Waals surface area contributed by atoms with Gasteiger partial charge in [0, 0.05) is 11.1 Å². The van der Waals surface area contributed by atoms with E-state index in [9.17, 15) is 14.4 Å². The Morgan fingerprint density at radius 2 is 1.81 bits per heavy atom. The fraction of sp³-hybridized carbons (Fsp3) is 0.150. The highest BCUT2D eigenvalue weighted by atomic mass is 16.5. The summed E-state index contributed by atoms with van der Waals surface area (Å²) in [5, 5.41) is 2.77. The van der Waals surface area contributed by atoms with Crippen molar-refractivity contribution in [2.24, 2.45) is 0 Å². The highest BCUT2D eigenvalue weighted by Gasteiger charge is 2.18. The van der Waals surface area contributed by atoms with E-state index in [1.807, 2.05) is 30.3 Å². The maximum Gasteiger partial charge on any atom is 0.325 e. The molecule has 1 heterocycles. The Balaban J connectivity index is 2.14. The van der Waals surface area contributed by atoms with Crippen molar-refractivity contribution < 1.29 is 18.7 Å². The van der Waals surface area contributed by atoms with Crippen molar-refractivity contribution in [3.8, 4) is 11.3 Å². The molecule has 3 aromatic rings. The average Bonchev–Trinajstić information content (AvgIpc) is 2.68. The molecule has 0 saturated heterocycles. The van der Waals surface area contributed by atoms with E-state index in [1.165, 1.54) is 7.11 Å². The van der Waals surface area contributed by atoms with Crippen molar-refractivity contribution in [3.05, 3.63) is 69.9 Å². The normalized spacial score (nSPS) is 10.5. The van der Waals surface area contributed by atoms with E-state index in [0.29, 0.717) is 16.7 Å². The summed E-state index contributed by atoms with van der Waals surface area (Å²) >= 11 is 0. The zero-order valence-electron chi connectivity index (χ0n) is 14.4. The van der Waals surface area contributed by atoms with E-state index < -0.39 is 11.9 Å². The molecule has 0 saturated carbocycles. The summed E-state index contributed by atoms with van der Waals surface area (Å²) in [5.74, 6) is -0.677. The number of methoxy groups -OCH3 is 1. The second-order valence-electron chi connectivity index (χ2n) is 5.69. The molecule has 0 aliphatic heterocycles. The van der Waals surface area contributed by atoms with E-state index in [1.54, 1.807) is 25.1 Å². The number of amides is 1. The van der Waals surface area contributed by atoms with Gasteiger partial charge >= 0.3 is 5.97 Å². The van der Waals surface area contributed by atoms with Gasteiger partial charge in [0.15, 0.2) is 11.0 Å². The smallest absolute Gasteiger partial charge is 0.325 e. The number of ether oxygens (including phenoxy) is 1. The molecule has 1 aromatic heterocycles. The lowest BCUT2D eigenvalue weighted by Gasteiger charge is -2.10. The third kappa shape index (κ3) is 3.21. The van der Waals surface area contributed by atoms with Crippen LogP contribution < -0.4 is 10.7 Å². The molecule has 0 spiro atoms. The number of carbonyl (C=O) groups is 2. The third-order valence-electron chi connectivity index (χ3n) is 4.05. The molecule has 0 unspecified atom stereocenters. The van der Waals surface area contributed by atoms with Crippen LogP contribution >= 0.6 is 0 Å². The summed E-state index contributed by atoms with van der Waals surface area (Å²) in [6, 6.07) is 14.0. The number of para-hydroxylation sites is 1. The first kappa shape index (κ1) is 17.4. The number of benzene rings is 2. The van der Waals surface area contributed by atoms with Crippen molar-refractivity contribution in [2.45, 2.75) is 6.92 Å². The third-order valence-corrected chi connectivity index (χ3v) is 4.05. The molecule has 3 rings (SSSR count). The van der Waals surface area contributed by atoms with Crippen LogP contribution in [0.15, 0.2) is 57.7 Å². The highest BCUT2D eigenvalue weighted by Crippen LogP contribution is 2.27. The van der Waals surface area contributed by atoms with E-state index in [2.05, 4.69) is 10.1 Å². The lowest BCUT2D eigenvalue weighted by molar-refractivity contribution is -0.139. The second-order valence-corrected chi connectivity index (χ2v) is 5.69. The van der Waals surface area contributed by atoms with Crippen LogP contribution in [0.3, 0.4) is 0 Å². The van der Waals surface area contributed by atoms with Gasteiger partial charge in [-0.15, -0.1) is 0 Å². The summed E-state index contributed by atoms with van der Waals surface area (Å²) in [6.07, 6.45) is 0. The fourth-order valence-corrected chi connectivity index (χ4v) is 2.67. The highest BCUT2D eigenvalue weighted by molar-refractivity contribution is 6.05. The number of hydrogen-bond acceptors (Lipinski definition) is 5. The van der Waals surface area contributed by atoms with Gasteiger partial charge < -0.3 is 14.5 Å². The molecule has 0 fully saturated rings. The summed E-state index contributed by atoms with van der Waals surface area (Å²) in [7, 11) is 1.24. The summed E-state index contributed by atoms with van der Waals surface area (Å²) in [6.45, 7) is 1.42. The van der Waals surface area contributed by atoms with Crippen LogP contribution in [0.2, 0.25) is 0 Å². The molecular formula is C20H17NO5. The van der Waals surface area contributed by atoms with Crippen molar-refractivity contribution in [1.29, 1.82) is 0 Å². The number of rotatable bonds is 4. The minimum absolute atomic E-state index is 0.181. The van der Waals surface area contributed by atoms with Gasteiger partial charge in [0.2, 0.25) is 0 Å². The maximum absolute atomic E-state index is 12.7. The molecular weight excluding hydrogens is 334 g/mol. The Kier molecular flexibility index (Phi) is 4.84. The number of hydrogen-bond donors (Lipinski definition) is 1. The number of esters is 1. The number of fused-ring (bicyclic) bond motifs is 1. The standard InChI is InChI=1S/C20H17NO5/c1-12-17(23)14-9-6-10-15(20(24)21-11-16(22)25-2)19(14)26-18(12)13-7-4-3-5-8-13/h3-10H,11H2,1-2H3,(H,21,24). The minimum atomic E-state index is -0.569. The quantitative estimate of drug-likeness (QED) is 0.731. The molecule has 0 aliphatic carbocycles. The molecule has 0 aliphatic rings. The summed E-state index contributed by atoms with van der Waals surface area (Å²) in [4.78, 5) is 36.4. The Hall–Kier alpha value is -3.41. The largest absolute Gasteiger partial charge is 0.468 e. The van der Waals surface area contributed by atoms with Gasteiger partial charge in [0.1, 0.15) is 12.3 Å². The van der Waals surface area contributed by atoms with Crippen LogP contribution in [0, 0.1) is 6.92 Å². The first-order valence-electron chi connectivity index (χ1n) is 7.99. The predicted octanol–water partition coefficient (Wildman–Crippen LogP) is 2.67. The van der Waals surface area contributed by atoms with Crippen LogP contribution in [-0.2, 0) is 9.53 Å². The SMILES string of the molecule is COC(=O)CNC(=O)c1cccc2c(=O)c(C)c(-c3ccccc3)oc12. The molecule has 6 nitrogen and oxygen atoms in total. The predicted molar refractivity (Wildman–Crippen MR) is 97.0 cm³/mol. The first-order chi connectivity index (χ1) is 12.5. The molecule has 1 amide bonds. The van der Waals surface area contributed by atoms with Crippen LogP contribution in [0.5, 0.6) is 0 Å². The van der Waals surface area contributed by atoms with Gasteiger partial charge in [0.05, 0.1) is 18.1 Å². The van der Waals surface area contributed by atoms with Crippen molar-refractivity contribution in [3.63, 3.8) is 0 Å². The zero-order chi connectivity index (χ0) is 18.7. The Morgan fingerprint density at radius 1 is 1.08 bits per heavy atom. The molecule has 0 atom stereocenters. The van der Waals surface area contributed by atoms with Gasteiger partial charge in [-0.1, -0.05) is 36.4 Å². The van der Waals surface area contributed by atoms with Gasteiger partial charge in [-0.25, -0.2) is 0 Å². The minimum Gasteiger partial charge on any atom is -0.468 e. The molecule has 132 valence electrons. The Labute approximate surface area is 149 Å². The average molecular weight is 351 g/mol. The van der Waals surface area contributed by atoms with Gasteiger partial charge in [-0.05, 0) is 19.1 Å². The van der Waals surface area contributed by atoms with Gasteiger partial charge in [-0.2, -0.15) is 0 Å². The van der Waals surface area contributed by atoms with Crippen LogP contribution in [0.25, 0.3) is 22.3 Å². The van der Waals surface area contributed by atoms with E-state index in [-0.39, 0.29) is 23.1 Å². The number of carbonyl (C=O) groups excluding carboxylic acids is 2. The van der Waals surface area contributed by atoms with Gasteiger partial charge in [-0.3, -0.25) is 14.4 Å². The van der Waals surface area contributed by atoms with Crippen LogP contribution in [-0.4, -0.2) is 25.5 Å². The lowest BCUT2D eigenvalue weighted by Crippen LogP contribution is -2.30. The second kappa shape index (κ2) is 7.23. The summed E-state index contributed by atoms with van der Waals surface area (Å²) < 4.78 is 10.5. The topological polar surface area (TPSA) is 85.6 Å². The van der Waals surface area contributed by atoms with Crippen LogP contribution in [0.1, 0.15) is 15.9 Å². The first-order valence-corrected chi connectivity index (χ1v) is 7.99. The zero-order valence-corrected chi connectivity index (χ0v) is 14.4. The van der Waals surface area contributed by atoms with Crippen LogP contribution in [0.4, 0.5) is 0 Å². The Morgan fingerprint density at radius 3 is 2.50 bits per heavy atom. The molecule has 1 N–H and O–H groups in total. The van der Waals surface area contributed by atoms with Gasteiger partial charge in [0.25, 0.3) is 5.91 Å². The lowest BCUT2D eigenvalue weighted by atomic mass is 10.0. The molecule has 2 aromatic carbocycles. The van der Waals surface area contributed by atoms with Crippen molar-refractivity contribution in [1.82, 2.24) is 5.32 Å². The maximum atomic E-state index is 12.7. The molecule has 0 radical (unpaired) electrons. The van der Waals surface area contributed by atoms with E-state index in [4.69, 9.17) is 4.42 Å². The van der Waals surface area contributed by atoms with E-state index in [0.717, 1.165) is 5.56 Å². The van der Waals surface area contributed by atoms with Crippen molar-refractivity contribution >= 4 is 22.8 Å².